The van der Waals surface area contributed by atoms with Crippen molar-refractivity contribution < 1.29 is 14.5 Å². The highest BCUT2D eigenvalue weighted by Gasteiger charge is 2.23. The van der Waals surface area contributed by atoms with E-state index in [0.29, 0.717) is 11.1 Å². The molecular weight excluding hydrogens is 356 g/mol. The predicted octanol–water partition coefficient (Wildman–Crippen LogP) is 6.37. The van der Waals surface area contributed by atoms with Gasteiger partial charge in [-0.3, -0.25) is 0 Å². The summed E-state index contributed by atoms with van der Waals surface area (Å²) in [6.45, 7) is 3.00. The van der Waals surface area contributed by atoms with Crippen LogP contribution in [-0.2, 0) is 7.05 Å². The van der Waals surface area contributed by atoms with Gasteiger partial charge in [-0.15, -0.1) is 0 Å². The second-order valence-corrected chi connectivity index (χ2v) is 7.69. The minimum Gasteiger partial charge on any atom is -0.453 e. The fourth-order valence-electron chi connectivity index (χ4n) is 4.13. The molecule has 0 aliphatic heterocycles. The Morgan fingerprint density at radius 1 is 1.03 bits per heavy atom. The van der Waals surface area contributed by atoms with E-state index in [4.69, 9.17) is 14.9 Å². The molecular formula is C26H25N2O+. The second kappa shape index (κ2) is 6.41. The van der Waals surface area contributed by atoms with Gasteiger partial charge in [-0.1, -0.05) is 44.1 Å². The van der Waals surface area contributed by atoms with Crippen LogP contribution in [0.25, 0.3) is 44.1 Å². The van der Waals surface area contributed by atoms with Gasteiger partial charge in [0.05, 0.1) is 5.56 Å². The monoisotopic (exact) mass is 385 g/mol. The summed E-state index contributed by atoms with van der Waals surface area (Å²) in [5.41, 5.74) is 6.30. The molecule has 3 aromatic heterocycles. The summed E-state index contributed by atoms with van der Waals surface area (Å²) < 4.78 is 40.6. The zero-order valence-corrected chi connectivity index (χ0v) is 17.0. The molecule has 0 aliphatic rings. The van der Waals surface area contributed by atoms with Crippen LogP contribution >= 0.6 is 0 Å². The fraction of sp³-hybridized carbons (Fsp3) is 0.231. The number of hydrogen-bond acceptors (Lipinski definition) is 2. The summed E-state index contributed by atoms with van der Waals surface area (Å²) in [4.78, 5) is 4.86. The maximum absolute atomic E-state index is 8.56. The van der Waals surface area contributed by atoms with E-state index >= 15 is 0 Å². The molecule has 0 saturated heterocycles. The third-order valence-electron chi connectivity index (χ3n) is 5.72. The van der Waals surface area contributed by atoms with Crippen molar-refractivity contribution in [1.29, 1.82) is 0 Å². The van der Waals surface area contributed by atoms with Gasteiger partial charge in [0, 0.05) is 39.5 Å². The minimum absolute atomic E-state index is 0.433. The number of pyridine rings is 2. The first-order valence-electron chi connectivity index (χ1n) is 11.7. The van der Waals surface area contributed by atoms with Crippen LogP contribution in [0.5, 0.6) is 0 Å². The van der Waals surface area contributed by atoms with Crippen LogP contribution in [0.4, 0.5) is 0 Å². The molecule has 2 aromatic carbocycles. The van der Waals surface area contributed by atoms with Gasteiger partial charge in [-0.25, -0.2) is 9.55 Å². The summed E-state index contributed by atoms with van der Waals surface area (Å²) >= 11 is 0. The standard InChI is InChI=1S/C26H25N2O/c1-15(2)18-12-13-28(5)22(14-18)23-16(3)10-11-21-24-26(29-25(21)23)20-9-7-6-8-19(20)17(4)27-24/h6-15H,1-5H3/q+1/i1D3,15D. The zero-order chi connectivity index (χ0) is 23.7. The Morgan fingerprint density at radius 3 is 2.62 bits per heavy atom. The van der Waals surface area contributed by atoms with Crippen LogP contribution < -0.4 is 4.57 Å². The molecule has 0 aliphatic carbocycles. The minimum atomic E-state index is -2.45. The average Bonchev–Trinajstić information content (AvgIpc) is 3.12. The Kier molecular flexibility index (Phi) is 3.07. The molecule has 3 heterocycles. The van der Waals surface area contributed by atoms with E-state index in [9.17, 15) is 0 Å². The Labute approximate surface area is 176 Å². The number of nitrogens with zero attached hydrogens (tertiary/aromatic N) is 2. The van der Waals surface area contributed by atoms with Crippen LogP contribution in [-0.4, -0.2) is 4.98 Å². The lowest BCUT2D eigenvalue weighted by atomic mass is 9.97. The normalized spacial score (nSPS) is 16.4. The number of rotatable bonds is 2. The van der Waals surface area contributed by atoms with Gasteiger partial charge >= 0.3 is 0 Å². The van der Waals surface area contributed by atoms with Crippen molar-refractivity contribution in [1.82, 2.24) is 4.98 Å². The predicted molar refractivity (Wildman–Crippen MR) is 119 cm³/mol. The van der Waals surface area contributed by atoms with Crippen LogP contribution in [0.15, 0.2) is 59.1 Å². The first-order valence-corrected chi connectivity index (χ1v) is 9.72. The number of fused-ring (bicyclic) bond motifs is 5. The van der Waals surface area contributed by atoms with Gasteiger partial charge in [-0.05, 0) is 36.9 Å². The largest absolute Gasteiger partial charge is 0.453 e. The number of furan rings is 1. The molecule has 0 amide bonds. The third-order valence-corrected chi connectivity index (χ3v) is 5.72. The van der Waals surface area contributed by atoms with E-state index in [0.717, 1.165) is 49.8 Å². The molecule has 5 aromatic rings. The van der Waals surface area contributed by atoms with E-state index in [1.807, 2.05) is 68.1 Å². The lowest BCUT2D eigenvalue weighted by Gasteiger charge is -2.09. The van der Waals surface area contributed by atoms with E-state index in [2.05, 4.69) is 0 Å². The van der Waals surface area contributed by atoms with E-state index in [-0.39, 0.29) is 0 Å². The van der Waals surface area contributed by atoms with Crippen molar-refractivity contribution in [3.05, 3.63) is 71.5 Å². The summed E-state index contributed by atoms with van der Waals surface area (Å²) in [5, 5.41) is 2.98. The number of aryl methyl sites for hydroxylation is 3. The lowest BCUT2D eigenvalue weighted by molar-refractivity contribution is -0.660. The average molecular weight is 386 g/mol. The van der Waals surface area contributed by atoms with Gasteiger partial charge in [0.15, 0.2) is 17.4 Å². The molecule has 1 unspecified atom stereocenters. The Balaban J connectivity index is 1.86. The molecule has 3 nitrogen and oxygen atoms in total. The zero-order valence-electron chi connectivity index (χ0n) is 21.0. The Morgan fingerprint density at radius 2 is 1.83 bits per heavy atom. The molecule has 29 heavy (non-hydrogen) atoms. The van der Waals surface area contributed by atoms with Gasteiger partial charge in [0.2, 0.25) is 5.69 Å². The van der Waals surface area contributed by atoms with Crippen LogP contribution in [0, 0.1) is 13.8 Å². The van der Waals surface area contributed by atoms with Gasteiger partial charge in [0.25, 0.3) is 0 Å². The van der Waals surface area contributed by atoms with Gasteiger partial charge in [-0.2, -0.15) is 0 Å². The lowest BCUT2D eigenvalue weighted by Crippen LogP contribution is -2.31. The quantitative estimate of drug-likeness (QED) is 0.331. The second-order valence-electron chi connectivity index (χ2n) is 7.69. The molecule has 5 rings (SSSR count). The van der Waals surface area contributed by atoms with Crippen molar-refractivity contribution in [2.45, 2.75) is 33.5 Å². The molecule has 0 spiro atoms. The smallest absolute Gasteiger partial charge is 0.216 e. The molecule has 3 heteroatoms. The van der Waals surface area contributed by atoms with Crippen molar-refractivity contribution >= 4 is 32.8 Å². The summed E-state index contributed by atoms with van der Waals surface area (Å²) in [6.07, 6.45) is 1.81. The first-order chi connectivity index (χ1) is 15.5. The maximum atomic E-state index is 8.56. The molecule has 0 bridgehead atoms. The van der Waals surface area contributed by atoms with Crippen LogP contribution in [0.1, 0.15) is 42.0 Å². The molecule has 144 valence electrons. The van der Waals surface area contributed by atoms with Crippen molar-refractivity contribution in [3.63, 3.8) is 0 Å². The first kappa shape index (κ1) is 13.9. The highest BCUT2D eigenvalue weighted by molar-refractivity contribution is 6.15. The summed E-state index contributed by atoms with van der Waals surface area (Å²) in [5.74, 6) is -1.74. The van der Waals surface area contributed by atoms with E-state index in [1.165, 1.54) is 6.92 Å². The number of aromatic nitrogens is 2. The Bertz CT molecular complexity index is 1560. The topological polar surface area (TPSA) is 29.9 Å². The number of benzene rings is 2. The maximum Gasteiger partial charge on any atom is 0.216 e. The van der Waals surface area contributed by atoms with Crippen molar-refractivity contribution in [2.24, 2.45) is 7.05 Å². The fourth-order valence-corrected chi connectivity index (χ4v) is 4.13. The third kappa shape index (κ3) is 2.65. The van der Waals surface area contributed by atoms with E-state index in [1.54, 1.807) is 12.1 Å². The Hall–Kier alpha value is -3.20. The van der Waals surface area contributed by atoms with Gasteiger partial charge < -0.3 is 4.42 Å². The van der Waals surface area contributed by atoms with Crippen LogP contribution in [0.2, 0.25) is 0 Å². The van der Waals surface area contributed by atoms with Crippen molar-refractivity contribution in [2.75, 3.05) is 0 Å². The summed E-state index contributed by atoms with van der Waals surface area (Å²) in [7, 11) is 1.91. The van der Waals surface area contributed by atoms with Crippen molar-refractivity contribution in [3.8, 4) is 11.3 Å². The number of hydrogen-bond donors (Lipinski definition) is 0. The molecule has 0 fully saturated rings. The highest BCUT2D eigenvalue weighted by atomic mass is 16.3. The van der Waals surface area contributed by atoms with E-state index < -0.39 is 12.7 Å². The summed E-state index contributed by atoms with van der Waals surface area (Å²) in [6, 6.07) is 15.6. The van der Waals surface area contributed by atoms with Gasteiger partial charge in [0.1, 0.15) is 12.6 Å². The highest BCUT2D eigenvalue weighted by Crippen LogP contribution is 2.39. The molecule has 0 saturated carbocycles. The molecule has 0 N–H and O–H groups in total. The molecule has 1 atom stereocenters. The molecule has 0 radical (unpaired) electrons. The SMILES string of the molecule is [2H]C([2H])([2H])C([2H])(C)c1cc[n+](C)c(-c2c(C)ccc3c2oc2c4ccccc4c(C)nc32)c1. The van der Waals surface area contributed by atoms with Crippen LogP contribution in [0.3, 0.4) is 0 Å².